The summed E-state index contributed by atoms with van der Waals surface area (Å²) in [5.41, 5.74) is 2.68. The van der Waals surface area contributed by atoms with Gasteiger partial charge in [0.1, 0.15) is 0 Å². The number of sulfone groups is 1. The van der Waals surface area contributed by atoms with Crippen LogP contribution in [0.3, 0.4) is 0 Å². The Kier molecular flexibility index (Phi) is 1.51. The molecule has 0 unspecified atom stereocenters. The fourth-order valence-corrected chi connectivity index (χ4v) is 2.92. The fraction of sp³-hybridized carbons (Fsp3) is 0.571. The Hall–Kier alpha value is -0.840. The molecule has 0 saturated carbocycles. The van der Waals surface area contributed by atoms with E-state index >= 15 is 0 Å². The maximum absolute atomic E-state index is 11.2. The number of aryl methyl sites for hydroxylation is 2. The van der Waals surface area contributed by atoms with Crippen molar-refractivity contribution in [2.45, 2.75) is 19.1 Å². The summed E-state index contributed by atoms with van der Waals surface area (Å²) >= 11 is 0. The van der Waals surface area contributed by atoms with Crippen LogP contribution in [0.2, 0.25) is 0 Å². The molecule has 0 saturated heterocycles. The number of rotatable bonds is 0. The van der Waals surface area contributed by atoms with Crippen molar-refractivity contribution in [2.24, 2.45) is 0 Å². The summed E-state index contributed by atoms with van der Waals surface area (Å²) in [5.74, 6) is 0.398. The molecule has 0 radical (unpaired) electrons. The van der Waals surface area contributed by atoms with Gasteiger partial charge in [0.25, 0.3) is 0 Å². The van der Waals surface area contributed by atoms with Crippen LogP contribution in [0.15, 0.2) is 0 Å². The highest BCUT2D eigenvalue weighted by molar-refractivity contribution is 7.90. The Morgan fingerprint density at radius 1 is 1.50 bits per heavy atom. The van der Waals surface area contributed by atoms with Crippen molar-refractivity contribution in [3.8, 4) is 0 Å². The summed E-state index contributed by atoms with van der Waals surface area (Å²) in [6, 6.07) is 0. The van der Waals surface area contributed by atoms with E-state index in [4.69, 9.17) is 0 Å². The van der Waals surface area contributed by atoms with Gasteiger partial charge in [-0.1, -0.05) is 0 Å². The highest BCUT2D eigenvalue weighted by atomic mass is 32.2. The standard InChI is InChI=1S/C7H10N2O2S/c1-5-6-4-12(10,11)3-2-7(6)9-8-5/h2-4H2,1H3,(H,8,9). The van der Waals surface area contributed by atoms with Gasteiger partial charge in [0.05, 0.1) is 17.2 Å². The first-order valence-corrected chi connectivity index (χ1v) is 5.64. The van der Waals surface area contributed by atoms with E-state index in [0.717, 1.165) is 17.0 Å². The quantitative estimate of drug-likeness (QED) is 0.629. The lowest BCUT2D eigenvalue weighted by Crippen LogP contribution is -2.18. The second-order valence-corrected chi connectivity index (χ2v) is 5.30. The Morgan fingerprint density at radius 2 is 2.25 bits per heavy atom. The van der Waals surface area contributed by atoms with Crippen molar-refractivity contribution in [1.29, 1.82) is 0 Å². The zero-order valence-electron chi connectivity index (χ0n) is 6.79. The molecule has 0 atom stereocenters. The molecule has 2 heterocycles. The van der Waals surface area contributed by atoms with Gasteiger partial charge in [0.2, 0.25) is 0 Å². The second-order valence-electron chi connectivity index (χ2n) is 3.12. The molecular formula is C7H10N2O2S. The van der Waals surface area contributed by atoms with E-state index in [-0.39, 0.29) is 11.5 Å². The molecule has 0 spiro atoms. The molecule has 1 aliphatic rings. The van der Waals surface area contributed by atoms with Crippen LogP contribution in [0.1, 0.15) is 17.0 Å². The van der Waals surface area contributed by atoms with Crippen LogP contribution >= 0.6 is 0 Å². The number of hydrogen-bond acceptors (Lipinski definition) is 3. The Bertz CT molecular complexity index is 405. The molecular weight excluding hydrogens is 176 g/mol. The first-order chi connectivity index (χ1) is 5.58. The number of aromatic amines is 1. The molecule has 1 N–H and O–H groups in total. The third kappa shape index (κ3) is 1.14. The molecule has 0 fully saturated rings. The van der Waals surface area contributed by atoms with E-state index < -0.39 is 9.84 Å². The number of H-pyrrole nitrogens is 1. The summed E-state index contributed by atoms with van der Waals surface area (Å²) < 4.78 is 22.4. The first kappa shape index (κ1) is 7.79. The molecule has 0 aromatic carbocycles. The van der Waals surface area contributed by atoms with E-state index in [2.05, 4.69) is 10.2 Å². The molecule has 1 aliphatic heterocycles. The van der Waals surface area contributed by atoms with Crippen molar-refractivity contribution in [3.63, 3.8) is 0 Å². The van der Waals surface area contributed by atoms with Crippen LogP contribution in [0.4, 0.5) is 0 Å². The average molecular weight is 186 g/mol. The van der Waals surface area contributed by atoms with Gasteiger partial charge in [0.15, 0.2) is 9.84 Å². The minimum absolute atomic E-state index is 0.157. The topological polar surface area (TPSA) is 62.8 Å². The Balaban J connectivity index is 2.52. The first-order valence-electron chi connectivity index (χ1n) is 3.82. The summed E-state index contributed by atoms with van der Waals surface area (Å²) in [7, 11) is -2.85. The van der Waals surface area contributed by atoms with Gasteiger partial charge >= 0.3 is 0 Å². The minimum atomic E-state index is -2.85. The molecule has 1 aromatic heterocycles. The third-order valence-electron chi connectivity index (χ3n) is 2.17. The smallest absolute Gasteiger partial charge is 0.154 e. The van der Waals surface area contributed by atoms with Gasteiger partial charge in [-0.15, -0.1) is 0 Å². The summed E-state index contributed by atoms with van der Waals surface area (Å²) in [6.07, 6.45) is 0.558. The zero-order chi connectivity index (χ0) is 8.77. The van der Waals surface area contributed by atoms with Crippen molar-refractivity contribution in [3.05, 3.63) is 17.0 Å². The molecule has 12 heavy (non-hydrogen) atoms. The minimum Gasteiger partial charge on any atom is -0.282 e. The highest BCUT2D eigenvalue weighted by Gasteiger charge is 2.24. The lowest BCUT2D eigenvalue weighted by atomic mass is 10.2. The zero-order valence-corrected chi connectivity index (χ0v) is 7.61. The highest BCUT2D eigenvalue weighted by Crippen LogP contribution is 2.20. The second kappa shape index (κ2) is 2.32. The van der Waals surface area contributed by atoms with Crippen LogP contribution in [0, 0.1) is 6.92 Å². The number of nitrogens with one attached hydrogen (secondary N) is 1. The number of hydrogen-bond donors (Lipinski definition) is 1. The molecule has 1 aromatic rings. The molecule has 0 aliphatic carbocycles. The lowest BCUT2D eigenvalue weighted by molar-refractivity contribution is 0.591. The van der Waals surface area contributed by atoms with Crippen molar-refractivity contribution < 1.29 is 8.42 Å². The number of fused-ring (bicyclic) bond motifs is 1. The molecule has 2 rings (SSSR count). The molecule has 0 amide bonds. The SMILES string of the molecule is Cc1[nH]nc2c1CS(=O)(=O)CC2. The van der Waals surface area contributed by atoms with Crippen molar-refractivity contribution in [2.75, 3.05) is 5.75 Å². The van der Waals surface area contributed by atoms with Gasteiger partial charge in [-0.3, -0.25) is 5.10 Å². The van der Waals surface area contributed by atoms with Gasteiger partial charge in [0, 0.05) is 17.7 Å². The van der Waals surface area contributed by atoms with Gasteiger partial charge < -0.3 is 0 Å². The van der Waals surface area contributed by atoms with Gasteiger partial charge in [-0.2, -0.15) is 5.10 Å². The largest absolute Gasteiger partial charge is 0.282 e. The number of aromatic nitrogens is 2. The van der Waals surface area contributed by atoms with Crippen LogP contribution in [0.5, 0.6) is 0 Å². The normalized spacial score (nSPS) is 20.4. The maximum atomic E-state index is 11.2. The molecule has 4 nitrogen and oxygen atoms in total. The van der Waals surface area contributed by atoms with Crippen LogP contribution in [-0.2, 0) is 22.0 Å². The molecule has 5 heteroatoms. The summed E-state index contributed by atoms with van der Waals surface area (Å²) in [6.45, 7) is 1.85. The Morgan fingerprint density at radius 3 is 3.00 bits per heavy atom. The third-order valence-corrected chi connectivity index (χ3v) is 3.73. The molecule has 0 bridgehead atoms. The van der Waals surface area contributed by atoms with Crippen LogP contribution in [-0.4, -0.2) is 24.4 Å². The number of nitrogens with zero attached hydrogens (tertiary/aromatic N) is 1. The van der Waals surface area contributed by atoms with E-state index in [1.165, 1.54) is 0 Å². The monoisotopic (exact) mass is 186 g/mol. The van der Waals surface area contributed by atoms with E-state index in [9.17, 15) is 8.42 Å². The van der Waals surface area contributed by atoms with Crippen molar-refractivity contribution in [1.82, 2.24) is 10.2 Å². The summed E-state index contributed by atoms with van der Waals surface area (Å²) in [5, 5.41) is 6.83. The fourth-order valence-electron chi connectivity index (χ4n) is 1.45. The van der Waals surface area contributed by atoms with E-state index in [0.29, 0.717) is 6.42 Å². The Labute approximate surface area is 70.9 Å². The molecule has 66 valence electrons. The van der Waals surface area contributed by atoms with Crippen molar-refractivity contribution >= 4 is 9.84 Å². The van der Waals surface area contributed by atoms with E-state index in [1.807, 2.05) is 6.92 Å². The van der Waals surface area contributed by atoms with Gasteiger partial charge in [-0.25, -0.2) is 8.42 Å². The predicted octanol–water partition coefficient (Wildman–Crippen LogP) is 0.189. The lowest BCUT2D eigenvalue weighted by Gasteiger charge is -2.10. The van der Waals surface area contributed by atoms with Gasteiger partial charge in [-0.05, 0) is 6.92 Å². The summed E-state index contributed by atoms with van der Waals surface area (Å²) in [4.78, 5) is 0. The predicted molar refractivity (Wildman–Crippen MR) is 44.5 cm³/mol. The maximum Gasteiger partial charge on any atom is 0.154 e. The van der Waals surface area contributed by atoms with E-state index in [1.54, 1.807) is 0 Å². The van der Waals surface area contributed by atoms with Crippen LogP contribution in [0.25, 0.3) is 0 Å². The van der Waals surface area contributed by atoms with Crippen LogP contribution < -0.4 is 0 Å². The average Bonchev–Trinajstić information content (AvgIpc) is 2.31.